The van der Waals surface area contributed by atoms with Crippen LogP contribution in [-0.4, -0.2) is 39.0 Å². The molecule has 0 spiro atoms. The molecule has 0 saturated heterocycles. The number of tetrazole rings is 1. The fourth-order valence-electron chi connectivity index (χ4n) is 2.58. The van der Waals surface area contributed by atoms with Crippen molar-refractivity contribution in [3.8, 4) is 5.75 Å². The van der Waals surface area contributed by atoms with Crippen LogP contribution in [0.1, 0.15) is 30.9 Å². The molecule has 1 aromatic heterocycles. The number of anilines is 1. The van der Waals surface area contributed by atoms with Crippen LogP contribution in [0.2, 0.25) is 0 Å². The number of thioether (sulfide) groups is 1. The summed E-state index contributed by atoms with van der Waals surface area (Å²) in [5, 5.41) is 15.3. The lowest BCUT2D eigenvalue weighted by molar-refractivity contribution is -0.113. The molecule has 28 heavy (non-hydrogen) atoms. The number of nitrogens with zero attached hydrogens (tertiary/aromatic N) is 4. The second-order valence-electron chi connectivity index (χ2n) is 6.58. The fraction of sp³-hybridized carbons (Fsp3) is 0.300. The molecule has 0 aliphatic rings. The maximum absolute atomic E-state index is 12.2. The zero-order chi connectivity index (χ0) is 19.9. The van der Waals surface area contributed by atoms with Crippen molar-refractivity contribution in [2.75, 3.05) is 18.2 Å². The number of methoxy groups -OCH3 is 1. The number of nitrogens with one attached hydrogen (secondary N) is 1. The van der Waals surface area contributed by atoms with Crippen LogP contribution in [0.4, 0.5) is 5.69 Å². The molecule has 0 saturated carbocycles. The van der Waals surface area contributed by atoms with Gasteiger partial charge in [0.15, 0.2) is 0 Å². The summed E-state index contributed by atoms with van der Waals surface area (Å²) >= 11 is 1.31. The van der Waals surface area contributed by atoms with E-state index in [2.05, 4.69) is 34.7 Å². The monoisotopic (exact) mass is 397 g/mol. The molecule has 0 fully saturated rings. The van der Waals surface area contributed by atoms with Crippen LogP contribution in [0.15, 0.2) is 53.7 Å². The average Bonchev–Trinajstić information content (AvgIpc) is 3.14. The Labute approximate surface area is 168 Å². The van der Waals surface area contributed by atoms with Crippen molar-refractivity contribution in [3.05, 3.63) is 59.7 Å². The summed E-state index contributed by atoms with van der Waals surface area (Å²) in [6.07, 6.45) is 0. The van der Waals surface area contributed by atoms with Crippen molar-refractivity contribution in [2.45, 2.75) is 31.5 Å². The Morgan fingerprint density at radius 3 is 2.50 bits per heavy atom. The predicted octanol–water partition coefficient (Wildman–Crippen LogP) is 3.58. The average molecular weight is 398 g/mol. The summed E-state index contributed by atoms with van der Waals surface area (Å²) in [6.45, 7) is 4.80. The smallest absolute Gasteiger partial charge is 0.234 e. The molecule has 0 aliphatic carbocycles. The van der Waals surface area contributed by atoms with Crippen LogP contribution in [0.25, 0.3) is 0 Å². The number of amides is 1. The standard InChI is InChI=1S/C20H23N5O2S/c1-14(2)16-6-8-17(9-7-16)21-19(26)13-28-20-22-23-24-25(20)12-15-4-10-18(27-3)11-5-15/h4-11,14H,12-13H2,1-3H3,(H,21,26). The van der Waals surface area contributed by atoms with Gasteiger partial charge in [-0.15, -0.1) is 5.10 Å². The van der Waals surface area contributed by atoms with Gasteiger partial charge in [-0.25, -0.2) is 4.68 Å². The van der Waals surface area contributed by atoms with Crippen molar-refractivity contribution in [2.24, 2.45) is 0 Å². The molecule has 3 aromatic rings. The molecule has 3 rings (SSSR count). The second-order valence-corrected chi connectivity index (χ2v) is 7.52. The Bertz CT molecular complexity index is 907. The number of rotatable bonds is 8. The van der Waals surface area contributed by atoms with Gasteiger partial charge >= 0.3 is 0 Å². The Hall–Kier alpha value is -2.87. The van der Waals surface area contributed by atoms with E-state index in [1.165, 1.54) is 17.3 Å². The van der Waals surface area contributed by atoms with Crippen LogP contribution in [-0.2, 0) is 11.3 Å². The molecular weight excluding hydrogens is 374 g/mol. The highest BCUT2D eigenvalue weighted by molar-refractivity contribution is 7.99. The lowest BCUT2D eigenvalue weighted by Gasteiger charge is -2.08. The third kappa shape index (κ3) is 5.32. The molecular formula is C20H23N5O2S. The highest BCUT2D eigenvalue weighted by atomic mass is 32.2. The first-order chi connectivity index (χ1) is 13.5. The largest absolute Gasteiger partial charge is 0.497 e. The number of carbonyl (C=O) groups excluding carboxylic acids is 1. The van der Waals surface area contributed by atoms with Gasteiger partial charge in [0, 0.05) is 5.69 Å². The number of hydrogen-bond acceptors (Lipinski definition) is 6. The molecule has 0 atom stereocenters. The molecule has 8 heteroatoms. The van der Waals surface area contributed by atoms with Gasteiger partial charge in [0.25, 0.3) is 0 Å². The molecule has 1 heterocycles. The number of carbonyl (C=O) groups is 1. The van der Waals surface area contributed by atoms with Gasteiger partial charge in [-0.3, -0.25) is 4.79 Å². The van der Waals surface area contributed by atoms with Gasteiger partial charge in [-0.05, 0) is 51.7 Å². The molecule has 1 amide bonds. The molecule has 7 nitrogen and oxygen atoms in total. The van der Waals surface area contributed by atoms with Gasteiger partial charge in [0.2, 0.25) is 11.1 Å². The number of ether oxygens (including phenoxy) is 1. The van der Waals surface area contributed by atoms with Crippen LogP contribution in [0.3, 0.4) is 0 Å². The summed E-state index contributed by atoms with van der Waals surface area (Å²) in [6, 6.07) is 15.6. The van der Waals surface area contributed by atoms with Crippen molar-refractivity contribution >= 4 is 23.4 Å². The molecule has 0 aliphatic heterocycles. The van der Waals surface area contributed by atoms with Crippen molar-refractivity contribution in [1.82, 2.24) is 20.2 Å². The van der Waals surface area contributed by atoms with Crippen molar-refractivity contribution < 1.29 is 9.53 Å². The molecule has 0 unspecified atom stereocenters. The van der Waals surface area contributed by atoms with E-state index in [-0.39, 0.29) is 11.7 Å². The first-order valence-electron chi connectivity index (χ1n) is 8.97. The van der Waals surface area contributed by atoms with Gasteiger partial charge < -0.3 is 10.1 Å². The normalized spacial score (nSPS) is 10.9. The molecule has 0 bridgehead atoms. The third-order valence-electron chi connectivity index (χ3n) is 4.18. The Balaban J connectivity index is 1.54. The second kappa shape index (κ2) is 9.36. The minimum Gasteiger partial charge on any atom is -0.497 e. The first kappa shape index (κ1) is 19.9. The van der Waals surface area contributed by atoms with E-state index in [0.717, 1.165) is 17.0 Å². The minimum atomic E-state index is -0.0960. The molecule has 146 valence electrons. The summed E-state index contributed by atoms with van der Waals surface area (Å²) in [5.41, 5.74) is 3.07. The fourth-order valence-corrected chi connectivity index (χ4v) is 3.26. The Morgan fingerprint density at radius 1 is 1.14 bits per heavy atom. The molecule has 2 aromatic carbocycles. The number of aromatic nitrogens is 4. The van der Waals surface area contributed by atoms with E-state index in [4.69, 9.17) is 4.74 Å². The van der Waals surface area contributed by atoms with E-state index >= 15 is 0 Å². The minimum absolute atomic E-state index is 0.0960. The van der Waals surface area contributed by atoms with E-state index in [9.17, 15) is 4.79 Å². The zero-order valence-corrected chi connectivity index (χ0v) is 16.9. The SMILES string of the molecule is COc1ccc(Cn2nnnc2SCC(=O)Nc2ccc(C(C)C)cc2)cc1. The lowest BCUT2D eigenvalue weighted by Crippen LogP contribution is -2.15. The van der Waals surface area contributed by atoms with E-state index in [0.29, 0.717) is 17.6 Å². The number of benzene rings is 2. The van der Waals surface area contributed by atoms with Gasteiger partial charge in [-0.2, -0.15) is 0 Å². The third-order valence-corrected chi connectivity index (χ3v) is 5.14. The summed E-state index contributed by atoms with van der Waals surface area (Å²) in [5.74, 6) is 1.40. The molecule has 0 radical (unpaired) electrons. The van der Waals surface area contributed by atoms with Gasteiger partial charge in [0.1, 0.15) is 5.75 Å². The van der Waals surface area contributed by atoms with Crippen LogP contribution >= 0.6 is 11.8 Å². The summed E-state index contributed by atoms with van der Waals surface area (Å²) in [4.78, 5) is 12.2. The van der Waals surface area contributed by atoms with Crippen LogP contribution in [0, 0.1) is 0 Å². The predicted molar refractivity (Wildman–Crippen MR) is 110 cm³/mol. The van der Waals surface area contributed by atoms with Crippen LogP contribution < -0.4 is 10.1 Å². The van der Waals surface area contributed by atoms with E-state index in [1.807, 2.05) is 48.5 Å². The maximum Gasteiger partial charge on any atom is 0.234 e. The lowest BCUT2D eigenvalue weighted by atomic mass is 10.0. The highest BCUT2D eigenvalue weighted by Gasteiger charge is 2.11. The Kier molecular flexibility index (Phi) is 6.65. The summed E-state index contributed by atoms with van der Waals surface area (Å²) in [7, 11) is 1.63. The topological polar surface area (TPSA) is 81.9 Å². The first-order valence-corrected chi connectivity index (χ1v) is 9.95. The quantitative estimate of drug-likeness (QED) is 0.585. The Morgan fingerprint density at radius 2 is 1.86 bits per heavy atom. The number of hydrogen-bond donors (Lipinski definition) is 1. The summed E-state index contributed by atoms with van der Waals surface area (Å²) < 4.78 is 6.84. The van der Waals surface area contributed by atoms with Crippen LogP contribution in [0.5, 0.6) is 5.75 Å². The van der Waals surface area contributed by atoms with E-state index < -0.39 is 0 Å². The molecule has 1 N–H and O–H groups in total. The van der Waals surface area contributed by atoms with Crippen molar-refractivity contribution in [3.63, 3.8) is 0 Å². The van der Waals surface area contributed by atoms with E-state index in [1.54, 1.807) is 11.8 Å². The maximum atomic E-state index is 12.2. The van der Waals surface area contributed by atoms with Gasteiger partial charge in [0.05, 0.1) is 19.4 Å². The zero-order valence-electron chi connectivity index (χ0n) is 16.1. The van der Waals surface area contributed by atoms with Crippen molar-refractivity contribution in [1.29, 1.82) is 0 Å². The highest BCUT2D eigenvalue weighted by Crippen LogP contribution is 2.19. The van der Waals surface area contributed by atoms with Gasteiger partial charge in [-0.1, -0.05) is 49.9 Å².